The van der Waals surface area contributed by atoms with E-state index in [1.807, 2.05) is 53.4 Å². The van der Waals surface area contributed by atoms with Crippen molar-refractivity contribution in [2.45, 2.75) is 25.8 Å². The third-order valence-electron chi connectivity index (χ3n) is 6.50. The van der Waals surface area contributed by atoms with Crippen LogP contribution in [0.4, 0.5) is 0 Å². The lowest BCUT2D eigenvalue weighted by Crippen LogP contribution is -2.59. The van der Waals surface area contributed by atoms with Crippen molar-refractivity contribution in [2.24, 2.45) is 5.41 Å². The van der Waals surface area contributed by atoms with Gasteiger partial charge in [0, 0.05) is 30.6 Å². The van der Waals surface area contributed by atoms with Gasteiger partial charge in [-0.05, 0) is 43.7 Å². The molecule has 1 unspecified atom stereocenters. The summed E-state index contributed by atoms with van der Waals surface area (Å²) >= 11 is 0. The second kappa shape index (κ2) is 7.36. The van der Waals surface area contributed by atoms with Crippen LogP contribution in [0.25, 0.3) is 11.5 Å². The first-order chi connectivity index (χ1) is 14.5. The maximum atomic E-state index is 12.8. The number of aryl methyl sites for hydroxylation is 1. The molecule has 6 heteroatoms. The molecule has 30 heavy (non-hydrogen) atoms. The Balaban J connectivity index is 1.23. The van der Waals surface area contributed by atoms with Crippen molar-refractivity contribution in [3.63, 3.8) is 0 Å². The SMILES string of the molecule is Cc1ccccc1CC(=O)N1CC2(CC(c3nnc(-c4ccccc4)o3)N(C)C2)C1. The lowest BCUT2D eigenvalue weighted by atomic mass is 9.77. The van der Waals surface area contributed by atoms with Crippen molar-refractivity contribution >= 4 is 5.91 Å². The van der Waals surface area contributed by atoms with E-state index < -0.39 is 0 Å². The molecule has 2 saturated heterocycles. The predicted molar refractivity (Wildman–Crippen MR) is 114 cm³/mol. The van der Waals surface area contributed by atoms with E-state index in [0.29, 0.717) is 18.2 Å². The summed E-state index contributed by atoms with van der Waals surface area (Å²) in [4.78, 5) is 17.0. The molecule has 0 radical (unpaired) electrons. The highest BCUT2D eigenvalue weighted by molar-refractivity contribution is 5.80. The Morgan fingerprint density at radius 1 is 1.07 bits per heavy atom. The number of hydrogen-bond acceptors (Lipinski definition) is 5. The molecule has 5 rings (SSSR count). The zero-order chi connectivity index (χ0) is 20.7. The van der Waals surface area contributed by atoms with Gasteiger partial charge >= 0.3 is 0 Å². The van der Waals surface area contributed by atoms with Crippen molar-refractivity contribution in [2.75, 3.05) is 26.7 Å². The zero-order valence-electron chi connectivity index (χ0n) is 17.4. The van der Waals surface area contributed by atoms with Crippen molar-refractivity contribution in [3.05, 3.63) is 71.6 Å². The number of hydrogen-bond donors (Lipinski definition) is 0. The van der Waals surface area contributed by atoms with E-state index in [2.05, 4.69) is 35.1 Å². The number of carbonyl (C=O) groups excluding carboxylic acids is 1. The molecule has 1 spiro atoms. The Morgan fingerprint density at radius 3 is 2.57 bits per heavy atom. The highest BCUT2D eigenvalue weighted by atomic mass is 16.4. The molecule has 2 fully saturated rings. The molecule has 3 heterocycles. The fraction of sp³-hybridized carbons (Fsp3) is 0.375. The second-order valence-corrected chi connectivity index (χ2v) is 8.80. The molecule has 6 nitrogen and oxygen atoms in total. The van der Waals surface area contributed by atoms with E-state index >= 15 is 0 Å². The molecule has 2 aliphatic rings. The van der Waals surface area contributed by atoms with Crippen molar-refractivity contribution in [3.8, 4) is 11.5 Å². The topological polar surface area (TPSA) is 62.5 Å². The molecule has 1 atom stereocenters. The molecule has 2 aromatic carbocycles. The number of benzene rings is 2. The Labute approximate surface area is 176 Å². The van der Waals surface area contributed by atoms with E-state index in [9.17, 15) is 4.79 Å². The highest BCUT2D eigenvalue weighted by Gasteiger charge is 2.53. The average Bonchev–Trinajstić information content (AvgIpc) is 3.34. The van der Waals surface area contributed by atoms with Crippen LogP contribution in [0.1, 0.15) is 29.5 Å². The second-order valence-electron chi connectivity index (χ2n) is 8.80. The molecule has 0 saturated carbocycles. The highest BCUT2D eigenvalue weighted by Crippen LogP contribution is 2.47. The first-order valence-corrected chi connectivity index (χ1v) is 10.4. The van der Waals surface area contributed by atoms with Crippen LogP contribution in [0, 0.1) is 12.3 Å². The van der Waals surface area contributed by atoms with Crippen LogP contribution in [0.15, 0.2) is 59.0 Å². The van der Waals surface area contributed by atoms with Crippen molar-refractivity contribution < 1.29 is 9.21 Å². The van der Waals surface area contributed by atoms with Crippen LogP contribution in [-0.4, -0.2) is 52.6 Å². The van der Waals surface area contributed by atoms with Gasteiger partial charge < -0.3 is 9.32 Å². The number of carbonyl (C=O) groups is 1. The summed E-state index contributed by atoms with van der Waals surface area (Å²) in [5.74, 6) is 1.44. The van der Waals surface area contributed by atoms with Crippen LogP contribution < -0.4 is 0 Å². The van der Waals surface area contributed by atoms with Gasteiger partial charge in [0.15, 0.2) is 0 Å². The molecule has 2 aliphatic heterocycles. The Bertz CT molecular complexity index is 1060. The maximum absolute atomic E-state index is 12.8. The summed E-state index contributed by atoms with van der Waals surface area (Å²) in [6.07, 6.45) is 1.42. The van der Waals surface area contributed by atoms with E-state index in [0.717, 1.165) is 37.2 Å². The fourth-order valence-electron chi connectivity index (χ4n) is 4.86. The van der Waals surface area contributed by atoms with Gasteiger partial charge in [-0.15, -0.1) is 10.2 Å². The minimum atomic E-state index is 0.101. The quantitative estimate of drug-likeness (QED) is 0.668. The van der Waals surface area contributed by atoms with Crippen molar-refractivity contribution in [1.29, 1.82) is 0 Å². The molecular formula is C24H26N4O2. The number of amides is 1. The van der Waals surface area contributed by atoms with Gasteiger partial charge in [-0.1, -0.05) is 42.5 Å². The summed E-state index contributed by atoms with van der Waals surface area (Å²) in [7, 11) is 2.10. The molecule has 0 aliphatic carbocycles. The molecular weight excluding hydrogens is 376 g/mol. The van der Waals surface area contributed by atoms with Gasteiger partial charge in [0.05, 0.1) is 12.5 Å². The average molecular weight is 402 g/mol. The number of aromatic nitrogens is 2. The lowest BCUT2D eigenvalue weighted by Gasteiger charge is -2.48. The maximum Gasteiger partial charge on any atom is 0.247 e. The Hall–Kier alpha value is -2.99. The Morgan fingerprint density at radius 2 is 1.80 bits per heavy atom. The summed E-state index contributed by atoms with van der Waals surface area (Å²) in [6, 6.07) is 18.1. The van der Waals surface area contributed by atoms with E-state index in [1.165, 1.54) is 5.56 Å². The summed E-state index contributed by atoms with van der Waals surface area (Å²) in [5.41, 5.74) is 3.35. The predicted octanol–water partition coefficient (Wildman–Crippen LogP) is 3.49. The number of rotatable bonds is 4. The smallest absolute Gasteiger partial charge is 0.247 e. The number of likely N-dealkylation sites (tertiary alicyclic amines) is 2. The summed E-state index contributed by atoms with van der Waals surface area (Å²) < 4.78 is 6.01. The van der Waals surface area contributed by atoms with Crippen molar-refractivity contribution in [1.82, 2.24) is 20.0 Å². The lowest BCUT2D eigenvalue weighted by molar-refractivity contribution is -0.141. The zero-order valence-corrected chi connectivity index (χ0v) is 17.4. The number of nitrogens with zero attached hydrogens (tertiary/aromatic N) is 4. The van der Waals surface area contributed by atoms with Gasteiger partial charge in [-0.2, -0.15) is 0 Å². The van der Waals surface area contributed by atoms with E-state index in [-0.39, 0.29) is 17.4 Å². The van der Waals surface area contributed by atoms with Crippen LogP contribution in [0.2, 0.25) is 0 Å². The van der Waals surface area contributed by atoms with Crippen LogP contribution in [-0.2, 0) is 11.2 Å². The standard InChI is InChI=1S/C24H26N4O2/c1-17-8-6-7-11-19(17)12-21(29)28-15-24(16-28)13-20(27(2)14-24)23-26-25-22(30-23)18-9-4-3-5-10-18/h3-11,20H,12-16H2,1-2H3. The summed E-state index contributed by atoms with van der Waals surface area (Å²) in [5, 5.41) is 8.58. The molecule has 0 N–H and O–H groups in total. The fourth-order valence-corrected chi connectivity index (χ4v) is 4.86. The van der Waals surface area contributed by atoms with E-state index in [4.69, 9.17) is 4.42 Å². The third-order valence-corrected chi connectivity index (χ3v) is 6.50. The molecule has 1 amide bonds. The monoisotopic (exact) mass is 402 g/mol. The minimum absolute atomic E-state index is 0.101. The first kappa shape index (κ1) is 19.0. The third kappa shape index (κ3) is 3.41. The van der Waals surface area contributed by atoms with Gasteiger partial charge in [-0.25, -0.2) is 0 Å². The molecule has 0 bridgehead atoms. The molecule has 154 valence electrons. The first-order valence-electron chi connectivity index (χ1n) is 10.4. The van der Waals surface area contributed by atoms with Gasteiger partial charge in [0.2, 0.25) is 17.7 Å². The molecule has 3 aromatic rings. The van der Waals surface area contributed by atoms with Gasteiger partial charge in [0.1, 0.15) is 0 Å². The van der Waals surface area contributed by atoms with E-state index in [1.54, 1.807) is 0 Å². The van der Waals surface area contributed by atoms with Crippen LogP contribution >= 0.6 is 0 Å². The van der Waals surface area contributed by atoms with Gasteiger partial charge in [-0.3, -0.25) is 9.69 Å². The van der Waals surface area contributed by atoms with Crippen LogP contribution in [0.5, 0.6) is 0 Å². The van der Waals surface area contributed by atoms with Crippen LogP contribution in [0.3, 0.4) is 0 Å². The molecule has 1 aromatic heterocycles. The Kier molecular flexibility index (Phi) is 4.66. The van der Waals surface area contributed by atoms with Gasteiger partial charge in [0.25, 0.3) is 0 Å². The minimum Gasteiger partial charge on any atom is -0.419 e. The largest absolute Gasteiger partial charge is 0.419 e. The summed E-state index contributed by atoms with van der Waals surface area (Å²) in [6.45, 7) is 4.61. The normalized spacial score (nSPS) is 20.5.